The standard InChI is InChI=1S/C20H20ClN5O4/c21-14-3-1-13(2-4-14)19(25-5-7-30-8-6-25)11-22-17-10-16-15(9-18(17)26(28)29)20(27)24-12-23-16/h1-4,9-10,12,19,22H,5-8,11H2,(H,23,24,27). The molecule has 30 heavy (non-hydrogen) atoms. The summed E-state index contributed by atoms with van der Waals surface area (Å²) in [5, 5.41) is 15.7. The fourth-order valence-electron chi connectivity index (χ4n) is 3.63. The fraction of sp³-hybridized carbons (Fsp3) is 0.300. The van der Waals surface area contributed by atoms with Crippen LogP contribution in [-0.4, -0.2) is 52.6 Å². The minimum Gasteiger partial charge on any atom is -0.379 e. The number of nitrogens with one attached hydrogen (secondary N) is 2. The Labute approximate surface area is 176 Å². The summed E-state index contributed by atoms with van der Waals surface area (Å²) in [4.78, 5) is 31.9. The number of aromatic nitrogens is 2. The van der Waals surface area contributed by atoms with Crippen LogP contribution in [0.15, 0.2) is 47.5 Å². The van der Waals surface area contributed by atoms with Crippen molar-refractivity contribution < 1.29 is 9.66 Å². The van der Waals surface area contributed by atoms with Gasteiger partial charge in [0.25, 0.3) is 11.2 Å². The Morgan fingerprint density at radius 2 is 2.00 bits per heavy atom. The molecule has 0 bridgehead atoms. The Morgan fingerprint density at radius 1 is 1.27 bits per heavy atom. The Kier molecular flexibility index (Phi) is 5.93. The van der Waals surface area contributed by atoms with Crippen molar-refractivity contribution in [3.63, 3.8) is 0 Å². The number of halogens is 1. The molecule has 3 aromatic rings. The van der Waals surface area contributed by atoms with Crippen LogP contribution in [0.1, 0.15) is 11.6 Å². The predicted octanol–water partition coefficient (Wildman–Crippen LogP) is 2.97. The lowest BCUT2D eigenvalue weighted by Crippen LogP contribution is -2.41. The van der Waals surface area contributed by atoms with Crippen LogP contribution < -0.4 is 10.9 Å². The molecule has 0 saturated carbocycles. The van der Waals surface area contributed by atoms with Gasteiger partial charge in [0.2, 0.25) is 0 Å². The van der Waals surface area contributed by atoms with Crippen molar-refractivity contribution in [1.29, 1.82) is 0 Å². The highest BCUT2D eigenvalue weighted by Gasteiger charge is 2.24. The lowest BCUT2D eigenvalue weighted by Gasteiger charge is -2.35. The Bertz CT molecular complexity index is 1110. The number of H-pyrrole nitrogens is 1. The molecule has 1 atom stereocenters. The lowest BCUT2D eigenvalue weighted by atomic mass is 10.0. The smallest absolute Gasteiger partial charge is 0.293 e. The zero-order valence-corrected chi connectivity index (χ0v) is 16.8. The number of benzene rings is 2. The first-order chi connectivity index (χ1) is 14.5. The second-order valence-electron chi connectivity index (χ2n) is 6.97. The third-order valence-corrected chi connectivity index (χ3v) is 5.43. The van der Waals surface area contributed by atoms with Crippen LogP contribution in [0, 0.1) is 10.1 Å². The molecule has 0 spiro atoms. The summed E-state index contributed by atoms with van der Waals surface area (Å²) >= 11 is 6.04. The summed E-state index contributed by atoms with van der Waals surface area (Å²) in [5.41, 5.74) is 1.17. The van der Waals surface area contributed by atoms with Crippen molar-refractivity contribution in [2.75, 3.05) is 38.2 Å². The third kappa shape index (κ3) is 4.28. The van der Waals surface area contributed by atoms with Gasteiger partial charge >= 0.3 is 0 Å². The number of ether oxygens (including phenoxy) is 1. The molecule has 1 aromatic heterocycles. The molecule has 0 radical (unpaired) electrons. The topological polar surface area (TPSA) is 113 Å². The monoisotopic (exact) mass is 429 g/mol. The van der Waals surface area contributed by atoms with E-state index in [4.69, 9.17) is 16.3 Å². The molecule has 9 nitrogen and oxygen atoms in total. The van der Waals surface area contributed by atoms with Gasteiger partial charge in [-0.1, -0.05) is 23.7 Å². The summed E-state index contributed by atoms with van der Waals surface area (Å²) in [6.07, 6.45) is 1.28. The highest BCUT2D eigenvalue weighted by atomic mass is 35.5. The van der Waals surface area contributed by atoms with Crippen LogP contribution in [0.4, 0.5) is 11.4 Å². The van der Waals surface area contributed by atoms with Gasteiger partial charge in [0.05, 0.1) is 41.4 Å². The number of nitrogens with zero attached hydrogens (tertiary/aromatic N) is 3. The molecular weight excluding hydrogens is 410 g/mol. The molecule has 4 rings (SSSR count). The Hall–Kier alpha value is -3.01. The minimum atomic E-state index is -0.500. The first kappa shape index (κ1) is 20.3. The molecule has 2 heterocycles. The number of morpholine rings is 1. The molecule has 156 valence electrons. The minimum absolute atomic E-state index is 0.0337. The van der Waals surface area contributed by atoms with Gasteiger partial charge in [-0.3, -0.25) is 19.8 Å². The third-order valence-electron chi connectivity index (χ3n) is 5.18. The summed E-state index contributed by atoms with van der Waals surface area (Å²) < 4.78 is 5.46. The van der Waals surface area contributed by atoms with Crippen molar-refractivity contribution in [2.45, 2.75) is 6.04 Å². The van der Waals surface area contributed by atoms with Crippen molar-refractivity contribution in [1.82, 2.24) is 14.9 Å². The molecule has 0 amide bonds. The molecule has 0 aliphatic carbocycles. The first-order valence-corrected chi connectivity index (χ1v) is 9.87. The summed E-state index contributed by atoms with van der Waals surface area (Å²) in [7, 11) is 0. The van der Waals surface area contributed by atoms with Crippen LogP contribution >= 0.6 is 11.6 Å². The van der Waals surface area contributed by atoms with Crippen LogP contribution in [0.3, 0.4) is 0 Å². The maximum absolute atomic E-state index is 12.0. The number of anilines is 1. The summed E-state index contributed by atoms with van der Waals surface area (Å²) in [6, 6.07) is 10.3. The van der Waals surface area contributed by atoms with Gasteiger partial charge in [0.15, 0.2) is 0 Å². The first-order valence-electron chi connectivity index (χ1n) is 9.50. The number of nitro groups is 1. The zero-order chi connectivity index (χ0) is 21.1. The average molecular weight is 430 g/mol. The molecular formula is C20H20ClN5O4. The second-order valence-corrected chi connectivity index (χ2v) is 7.41. The number of hydrogen-bond donors (Lipinski definition) is 2. The number of hydrogen-bond acceptors (Lipinski definition) is 7. The van der Waals surface area contributed by atoms with E-state index in [-0.39, 0.29) is 17.1 Å². The molecule has 2 N–H and O–H groups in total. The number of rotatable bonds is 6. The zero-order valence-electron chi connectivity index (χ0n) is 16.0. The van der Waals surface area contributed by atoms with Crippen LogP contribution in [0.2, 0.25) is 5.02 Å². The van der Waals surface area contributed by atoms with E-state index < -0.39 is 10.5 Å². The number of nitro benzene ring substituents is 1. The SMILES string of the molecule is O=c1[nH]cnc2cc(NCC(c3ccc(Cl)cc3)N3CCOCC3)c([N+](=O)[O-])cc12. The molecule has 1 fully saturated rings. The predicted molar refractivity (Wildman–Crippen MR) is 114 cm³/mol. The van der Waals surface area contributed by atoms with Crippen molar-refractivity contribution in [3.05, 3.63) is 73.8 Å². The van der Waals surface area contributed by atoms with E-state index in [1.807, 2.05) is 24.3 Å². The Morgan fingerprint density at radius 3 is 2.70 bits per heavy atom. The number of fused-ring (bicyclic) bond motifs is 1. The van der Waals surface area contributed by atoms with E-state index in [2.05, 4.69) is 20.2 Å². The highest BCUT2D eigenvalue weighted by Crippen LogP contribution is 2.30. The van der Waals surface area contributed by atoms with E-state index in [0.717, 1.165) is 18.7 Å². The highest BCUT2D eigenvalue weighted by molar-refractivity contribution is 6.30. The van der Waals surface area contributed by atoms with Gasteiger partial charge in [-0.2, -0.15) is 0 Å². The molecule has 1 unspecified atom stereocenters. The molecule has 1 aliphatic rings. The molecule has 10 heteroatoms. The normalized spacial score (nSPS) is 15.8. The molecule has 1 saturated heterocycles. The van der Waals surface area contributed by atoms with E-state index in [9.17, 15) is 14.9 Å². The number of aromatic amines is 1. The van der Waals surface area contributed by atoms with Crippen molar-refractivity contribution in [2.24, 2.45) is 0 Å². The van der Waals surface area contributed by atoms with Gasteiger partial charge in [-0.05, 0) is 23.8 Å². The summed E-state index contributed by atoms with van der Waals surface area (Å²) in [5.74, 6) is 0. The summed E-state index contributed by atoms with van der Waals surface area (Å²) in [6.45, 7) is 3.20. The van der Waals surface area contributed by atoms with E-state index >= 15 is 0 Å². The van der Waals surface area contributed by atoms with Gasteiger partial charge in [-0.15, -0.1) is 0 Å². The van der Waals surface area contributed by atoms with Gasteiger partial charge in [-0.25, -0.2) is 4.98 Å². The quantitative estimate of drug-likeness (QED) is 0.457. The Balaban J connectivity index is 1.66. The van der Waals surface area contributed by atoms with Gasteiger partial charge in [0, 0.05) is 30.7 Å². The van der Waals surface area contributed by atoms with E-state index in [1.54, 1.807) is 6.07 Å². The lowest BCUT2D eigenvalue weighted by molar-refractivity contribution is -0.383. The fourth-order valence-corrected chi connectivity index (χ4v) is 3.76. The maximum Gasteiger partial charge on any atom is 0.293 e. The van der Waals surface area contributed by atoms with Crippen LogP contribution in [-0.2, 0) is 4.74 Å². The van der Waals surface area contributed by atoms with Crippen molar-refractivity contribution in [3.8, 4) is 0 Å². The van der Waals surface area contributed by atoms with Crippen molar-refractivity contribution >= 4 is 33.9 Å². The molecule has 2 aromatic carbocycles. The average Bonchev–Trinajstić information content (AvgIpc) is 2.75. The van der Waals surface area contributed by atoms with Gasteiger partial charge < -0.3 is 15.0 Å². The van der Waals surface area contributed by atoms with Gasteiger partial charge in [0.1, 0.15) is 5.69 Å². The van der Waals surface area contributed by atoms with E-state index in [1.165, 1.54) is 12.4 Å². The van der Waals surface area contributed by atoms with E-state index in [0.29, 0.717) is 36.0 Å². The second kappa shape index (κ2) is 8.78. The maximum atomic E-state index is 12.0. The molecule has 1 aliphatic heterocycles. The van der Waals surface area contributed by atoms with Crippen LogP contribution in [0.25, 0.3) is 10.9 Å². The largest absolute Gasteiger partial charge is 0.379 e. The van der Waals surface area contributed by atoms with Crippen LogP contribution in [0.5, 0.6) is 0 Å².